The van der Waals surface area contributed by atoms with Crippen LogP contribution >= 0.6 is 22.7 Å². The molecule has 4 heterocycles. The number of aryl methyl sites for hydroxylation is 1. The van der Waals surface area contributed by atoms with Crippen LogP contribution in [0.25, 0.3) is 10.2 Å². The number of thiazole rings is 1. The molecule has 0 aliphatic carbocycles. The second-order valence-corrected chi connectivity index (χ2v) is 7.70. The number of nitrogens with zero attached hydrogens (tertiary/aromatic N) is 3. The number of anilines is 1. The Morgan fingerprint density at radius 1 is 1.38 bits per heavy atom. The highest BCUT2D eigenvalue weighted by atomic mass is 32.1. The van der Waals surface area contributed by atoms with Crippen LogP contribution in [0.4, 0.5) is 5.82 Å². The lowest BCUT2D eigenvalue weighted by atomic mass is 10.1. The summed E-state index contributed by atoms with van der Waals surface area (Å²) in [7, 11) is 0. The van der Waals surface area contributed by atoms with Crippen molar-refractivity contribution in [3.8, 4) is 0 Å². The first kappa shape index (κ1) is 15.9. The molecule has 3 aromatic rings. The summed E-state index contributed by atoms with van der Waals surface area (Å²) in [6.07, 6.45) is 2.48. The number of thiophene rings is 1. The highest BCUT2D eigenvalue weighted by Gasteiger charge is 2.27. The van der Waals surface area contributed by atoms with Gasteiger partial charge in [0.2, 0.25) is 0 Å². The molecule has 0 aromatic carbocycles. The maximum absolute atomic E-state index is 6.05. The Hall–Kier alpha value is -1.61. The molecular formula is C16H18N4O2S2. The molecule has 2 atom stereocenters. The largest absolute Gasteiger partial charge is 0.379 e. The molecule has 0 bridgehead atoms. The van der Waals surface area contributed by atoms with Crippen LogP contribution in [-0.4, -0.2) is 40.3 Å². The van der Waals surface area contributed by atoms with Crippen LogP contribution < -0.4 is 5.32 Å². The molecule has 0 radical (unpaired) electrons. The van der Waals surface area contributed by atoms with Crippen molar-refractivity contribution in [1.29, 1.82) is 0 Å². The molecule has 3 aromatic heterocycles. The van der Waals surface area contributed by atoms with Gasteiger partial charge in [-0.2, -0.15) is 0 Å². The van der Waals surface area contributed by atoms with Crippen LogP contribution in [0.1, 0.15) is 17.0 Å². The topological polar surface area (TPSA) is 69.2 Å². The van der Waals surface area contributed by atoms with Crippen molar-refractivity contribution in [1.82, 2.24) is 15.0 Å². The molecule has 24 heavy (non-hydrogen) atoms. The number of hydrogen-bond acceptors (Lipinski definition) is 8. The second-order valence-electron chi connectivity index (χ2n) is 5.74. The van der Waals surface area contributed by atoms with Gasteiger partial charge in [0.25, 0.3) is 0 Å². The van der Waals surface area contributed by atoms with Crippen molar-refractivity contribution in [2.24, 2.45) is 0 Å². The van der Waals surface area contributed by atoms with E-state index in [-0.39, 0.29) is 12.1 Å². The van der Waals surface area contributed by atoms with Gasteiger partial charge in [-0.1, -0.05) is 0 Å². The predicted octanol–water partition coefficient (Wildman–Crippen LogP) is 3.24. The summed E-state index contributed by atoms with van der Waals surface area (Å²) in [5, 5.41) is 6.63. The molecule has 0 amide bonds. The summed E-state index contributed by atoms with van der Waals surface area (Å²) in [4.78, 5) is 15.3. The van der Waals surface area contributed by atoms with E-state index in [4.69, 9.17) is 9.47 Å². The van der Waals surface area contributed by atoms with Crippen molar-refractivity contribution in [2.75, 3.05) is 18.5 Å². The molecule has 126 valence electrons. The third kappa shape index (κ3) is 3.41. The molecule has 1 aliphatic heterocycles. The number of aromatic nitrogens is 3. The zero-order chi connectivity index (χ0) is 16.4. The monoisotopic (exact) mass is 362 g/mol. The van der Waals surface area contributed by atoms with Crippen LogP contribution in [0.2, 0.25) is 0 Å². The quantitative estimate of drug-likeness (QED) is 0.751. The van der Waals surface area contributed by atoms with Gasteiger partial charge in [-0.15, -0.1) is 22.7 Å². The van der Waals surface area contributed by atoms with Gasteiger partial charge in [-0.25, -0.2) is 15.0 Å². The van der Waals surface area contributed by atoms with Gasteiger partial charge in [0.15, 0.2) is 0 Å². The van der Waals surface area contributed by atoms with Gasteiger partial charge >= 0.3 is 0 Å². The van der Waals surface area contributed by atoms with E-state index in [0.29, 0.717) is 13.2 Å². The fourth-order valence-electron chi connectivity index (χ4n) is 2.81. The SMILES string of the molecule is Cc1cc2c(N[C@@H]3CCOC[C@H]3OCc3cscn3)ncnc2s1. The number of ether oxygens (including phenoxy) is 2. The van der Waals surface area contributed by atoms with Gasteiger partial charge in [-0.05, 0) is 19.4 Å². The Kier molecular flexibility index (Phi) is 4.70. The Bertz CT molecular complexity index is 806. The fourth-order valence-corrected chi connectivity index (χ4v) is 4.20. The van der Waals surface area contributed by atoms with Crippen molar-refractivity contribution >= 4 is 38.7 Å². The van der Waals surface area contributed by atoms with Crippen LogP contribution in [0.15, 0.2) is 23.3 Å². The van der Waals surface area contributed by atoms with E-state index in [1.807, 2.05) is 10.9 Å². The number of nitrogens with one attached hydrogen (secondary N) is 1. The van der Waals surface area contributed by atoms with E-state index in [9.17, 15) is 0 Å². The van der Waals surface area contributed by atoms with Crippen LogP contribution in [0.3, 0.4) is 0 Å². The Labute approximate surface area is 147 Å². The summed E-state index contributed by atoms with van der Waals surface area (Å²) in [5.41, 5.74) is 2.78. The Morgan fingerprint density at radius 2 is 2.33 bits per heavy atom. The van der Waals surface area contributed by atoms with E-state index in [1.54, 1.807) is 29.0 Å². The van der Waals surface area contributed by atoms with Crippen LogP contribution in [-0.2, 0) is 16.1 Å². The van der Waals surface area contributed by atoms with Crippen molar-refractivity contribution < 1.29 is 9.47 Å². The first-order valence-electron chi connectivity index (χ1n) is 7.83. The first-order valence-corrected chi connectivity index (χ1v) is 9.59. The van der Waals surface area contributed by atoms with Gasteiger partial charge in [0.1, 0.15) is 23.1 Å². The van der Waals surface area contributed by atoms with Gasteiger partial charge in [0, 0.05) is 16.9 Å². The van der Waals surface area contributed by atoms with Gasteiger partial charge < -0.3 is 14.8 Å². The summed E-state index contributed by atoms with van der Waals surface area (Å²) in [6.45, 7) is 3.90. The zero-order valence-electron chi connectivity index (χ0n) is 13.3. The zero-order valence-corrected chi connectivity index (χ0v) is 14.9. The standard InChI is InChI=1S/C16H18N4O2S2/c1-10-4-12-15(17-8-18-16(12)24-10)20-13-2-3-21-6-14(13)22-5-11-7-23-9-19-11/h4,7-9,13-14H,2-3,5-6H2,1H3,(H,17,18,20)/t13-,14-/m1/s1. The molecule has 0 unspecified atom stereocenters. The Balaban J connectivity index is 1.49. The average molecular weight is 362 g/mol. The van der Waals surface area contributed by atoms with Crippen LogP contribution in [0.5, 0.6) is 0 Å². The fraction of sp³-hybridized carbons (Fsp3) is 0.438. The number of fused-ring (bicyclic) bond motifs is 1. The van der Waals surface area contributed by atoms with E-state index in [2.05, 4.69) is 33.3 Å². The lowest BCUT2D eigenvalue weighted by Gasteiger charge is -2.32. The molecule has 1 fully saturated rings. The third-order valence-corrected chi connectivity index (χ3v) is 5.60. The molecule has 0 spiro atoms. The van der Waals surface area contributed by atoms with Crippen molar-refractivity contribution in [3.05, 3.63) is 33.9 Å². The minimum absolute atomic E-state index is 0.0230. The summed E-state index contributed by atoms with van der Waals surface area (Å²) < 4.78 is 11.6. The molecular weight excluding hydrogens is 344 g/mol. The van der Waals surface area contributed by atoms with E-state index in [1.165, 1.54) is 4.88 Å². The molecule has 1 N–H and O–H groups in total. The van der Waals surface area contributed by atoms with Crippen molar-refractivity contribution in [3.63, 3.8) is 0 Å². The summed E-state index contributed by atoms with van der Waals surface area (Å²) in [6, 6.07) is 2.29. The molecule has 6 nitrogen and oxygen atoms in total. The van der Waals surface area contributed by atoms with Gasteiger partial charge in [-0.3, -0.25) is 0 Å². The van der Waals surface area contributed by atoms with Crippen LogP contribution in [0, 0.1) is 6.92 Å². The van der Waals surface area contributed by atoms with E-state index < -0.39 is 0 Å². The maximum Gasteiger partial charge on any atom is 0.138 e. The molecule has 1 saturated heterocycles. The van der Waals surface area contributed by atoms with Gasteiger partial charge in [0.05, 0.1) is 35.8 Å². The maximum atomic E-state index is 6.05. The third-order valence-electron chi connectivity index (χ3n) is 4.01. The Morgan fingerprint density at radius 3 is 3.21 bits per heavy atom. The van der Waals surface area contributed by atoms with E-state index in [0.717, 1.165) is 34.8 Å². The normalized spacial score (nSPS) is 21.2. The highest BCUT2D eigenvalue weighted by molar-refractivity contribution is 7.18. The summed E-state index contributed by atoms with van der Waals surface area (Å²) >= 11 is 3.26. The number of rotatable bonds is 5. The second kappa shape index (κ2) is 7.10. The minimum Gasteiger partial charge on any atom is -0.379 e. The van der Waals surface area contributed by atoms with E-state index >= 15 is 0 Å². The smallest absolute Gasteiger partial charge is 0.138 e. The average Bonchev–Trinajstić information content (AvgIpc) is 3.23. The molecule has 4 rings (SSSR count). The summed E-state index contributed by atoms with van der Waals surface area (Å²) in [5.74, 6) is 0.874. The first-order chi connectivity index (χ1) is 11.8. The predicted molar refractivity (Wildman–Crippen MR) is 95.7 cm³/mol. The molecule has 0 saturated carbocycles. The molecule has 1 aliphatic rings. The minimum atomic E-state index is -0.0230. The number of hydrogen-bond donors (Lipinski definition) is 1. The van der Waals surface area contributed by atoms with Crippen molar-refractivity contribution in [2.45, 2.75) is 32.1 Å². The lowest BCUT2D eigenvalue weighted by molar-refractivity contribution is -0.0644. The highest BCUT2D eigenvalue weighted by Crippen LogP contribution is 2.29. The lowest BCUT2D eigenvalue weighted by Crippen LogP contribution is -2.43. The molecule has 8 heteroatoms.